The first-order chi connectivity index (χ1) is 8.45. The summed E-state index contributed by atoms with van der Waals surface area (Å²) in [5.74, 6) is -1.45. The Hall–Kier alpha value is -2.38. The van der Waals surface area contributed by atoms with E-state index in [0.717, 1.165) is 12.3 Å². The van der Waals surface area contributed by atoms with Gasteiger partial charge in [0.05, 0.1) is 17.5 Å². The van der Waals surface area contributed by atoms with Crippen LogP contribution in [-0.4, -0.2) is 44.9 Å². The van der Waals surface area contributed by atoms with Gasteiger partial charge in [-0.25, -0.2) is 0 Å². The van der Waals surface area contributed by atoms with Gasteiger partial charge >= 0.3 is 5.97 Å². The van der Waals surface area contributed by atoms with Gasteiger partial charge in [0.1, 0.15) is 5.69 Å². The van der Waals surface area contributed by atoms with Crippen LogP contribution in [0.5, 0.6) is 0 Å². The molecule has 0 bridgehead atoms. The quantitative estimate of drug-likeness (QED) is 0.577. The molecule has 0 radical (unpaired) electrons. The Bertz CT molecular complexity index is 468. The highest BCUT2D eigenvalue weighted by Crippen LogP contribution is 2.14. The van der Waals surface area contributed by atoms with Crippen LogP contribution >= 0.6 is 0 Å². The first-order valence-corrected chi connectivity index (χ1v) is 5.29. The number of aromatic nitrogens is 1. The Morgan fingerprint density at radius 3 is 2.67 bits per heavy atom. The van der Waals surface area contributed by atoms with Crippen LogP contribution in [0, 0.1) is 10.1 Å². The molecule has 1 rings (SSSR count). The lowest BCUT2D eigenvalue weighted by molar-refractivity contribution is -0.384. The van der Waals surface area contributed by atoms with Crippen LogP contribution in [0.25, 0.3) is 0 Å². The van der Waals surface area contributed by atoms with E-state index in [1.807, 2.05) is 0 Å². The smallest absolute Gasteiger partial charge is 0.305 e. The van der Waals surface area contributed by atoms with Gasteiger partial charge in [-0.15, -0.1) is 0 Å². The van der Waals surface area contributed by atoms with Gasteiger partial charge in [0, 0.05) is 19.2 Å². The molecule has 2 N–H and O–H groups in total. The Morgan fingerprint density at radius 1 is 1.56 bits per heavy atom. The number of carbonyl (C=O) groups is 2. The standard InChI is InChI=1S/C10H13N3O5/c1-2-12(4-3-9(14)15)10(16)8-5-7(6-11-8)13(17)18/h5-6,11H,2-4H2,1H3,(H,14,15). The van der Waals surface area contributed by atoms with Crippen LogP contribution in [0.4, 0.5) is 5.69 Å². The van der Waals surface area contributed by atoms with Crippen molar-refractivity contribution in [1.29, 1.82) is 0 Å². The molecule has 8 nitrogen and oxygen atoms in total. The lowest BCUT2D eigenvalue weighted by atomic mass is 10.3. The molecule has 18 heavy (non-hydrogen) atoms. The molecule has 0 aliphatic carbocycles. The minimum Gasteiger partial charge on any atom is -0.481 e. The molecule has 0 aromatic carbocycles. The van der Waals surface area contributed by atoms with E-state index >= 15 is 0 Å². The molecule has 0 spiro atoms. The minimum atomic E-state index is -1.00. The summed E-state index contributed by atoms with van der Waals surface area (Å²) in [6.07, 6.45) is 0.959. The van der Waals surface area contributed by atoms with Crippen molar-refractivity contribution in [2.45, 2.75) is 13.3 Å². The number of hydrogen-bond donors (Lipinski definition) is 2. The molecular weight excluding hydrogens is 242 g/mol. The molecule has 8 heteroatoms. The van der Waals surface area contributed by atoms with Crippen LogP contribution in [0.3, 0.4) is 0 Å². The number of nitro groups is 1. The third-order valence-electron chi connectivity index (χ3n) is 2.37. The number of carbonyl (C=O) groups excluding carboxylic acids is 1. The highest BCUT2D eigenvalue weighted by molar-refractivity contribution is 5.93. The average molecular weight is 255 g/mol. The molecular formula is C10H13N3O5. The molecule has 0 atom stereocenters. The van der Waals surface area contributed by atoms with Gasteiger partial charge in [-0.3, -0.25) is 19.7 Å². The normalized spacial score (nSPS) is 10.1. The largest absolute Gasteiger partial charge is 0.481 e. The van der Waals surface area contributed by atoms with Gasteiger partial charge < -0.3 is 15.0 Å². The number of aromatic amines is 1. The van der Waals surface area contributed by atoms with Crippen LogP contribution < -0.4 is 0 Å². The maximum atomic E-state index is 11.9. The van der Waals surface area contributed by atoms with Crippen molar-refractivity contribution < 1.29 is 19.6 Å². The molecule has 0 aliphatic heterocycles. The van der Waals surface area contributed by atoms with Gasteiger partial charge in [0.15, 0.2) is 0 Å². The van der Waals surface area contributed by atoms with E-state index < -0.39 is 16.8 Å². The summed E-state index contributed by atoms with van der Waals surface area (Å²) in [7, 11) is 0. The number of amides is 1. The van der Waals surface area contributed by atoms with Crippen LogP contribution in [-0.2, 0) is 4.79 Å². The van der Waals surface area contributed by atoms with Crippen molar-refractivity contribution in [3.05, 3.63) is 28.1 Å². The van der Waals surface area contributed by atoms with Crippen LogP contribution in [0.2, 0.25) is 0 Å². The van der Waals surface area contributed by atoms with Crippen molar-refractivity contribution in [2.24, 2.45) is 0 Å². The summed E-state index contributed by atoms with van der Waals surface area (Å²) in [5, 5.41) is 19.0. The van der Waals surface area contributed by atoms with Gasteiger partial charge in [-0.05, 0) is 6.92 Å². The van der Waals surface area contributed by atoms with E-state index in [-0.39, 0.29) is 24.3 Å². The summed E-state index contributed by atoms with van der Waals surface area (Å²) in [6.45, 7) is 2.10. The van der Waals surface area contributed by atoms with E-state index in [1.165, 1.54) is 4.90 Å². The zero-order chi connectivity index (χ0) is 13.7. The van der Waals surface area contributed by atoms with Gasteiger partial charge in [-0.1, -0.05) is 0 Å². The lowest BCUT2D eigenvalue weighted by Crippen LogP contribution is -2.33. The van der Waals surface area contributed by atoms with E-state index in [2.05, 4.69) is 4.98 Å². The third kappa shape index (κ3) is 3.30. The van der Waals surface area contributed by atoms with Crippen molar-refractivity contribution in [1.82, 2.24) is 9.88 Å². The van der Waals surface area contributed by atoms with E-state index in [0.29, 0.717) is 6.54 Å². The van der Waals surface area contributed by atoms with Gasteiger partial charge in [0.25, 0.3) is 11.6 Å². The number of aliphatic carboxylic acids is 1. The number of rotatable bonds is 6. The van der Waals surface area contributed by atoms with Crippen molar-refractivity contribution in [2.75, 3.05) is 13.1 Å². The number of carboxylic acid groups (broad SMARTS) is 1. The summed E-state index contributed by atoms with van der Waals surface area (Å²) >= 11 is 0. The lowest BCUT2D eigenvalue weighted by Gasteiger charge is -2.18. The number of H-pyrrole nitrogens is 1. The maximum Gasteiger partial charge on any atom is 0.305 e. The third-order valence-corrected chi connectivity index (χ3v) is 2.37. The van der Waals surface area contributed by atoms with Crippen molar-refractivity contribution in [3.63, 3.8) is 0 Å². The second-order valence-electron chi connectivity index (χ2n) is 3.56. The number of nitrogens with one attached hydrogen (secondary N) is 1. The van der Waals surface area contributed by atoms with Gasteiger partial charge in [0.2, 0.25) is 0 Å². The number of hydrogen-bond acceptors (Lipinski definition) is 4. The second kappa shape index (κ2) is 5.80. The van der Waals surface area contributed by atoms with E-state index in [4.69, 9.17) is 5.11 Å². The summed E-state index contributed by atoms with van der Waals surface area (Å²) < 4.78 is 0. The Labute approximate surface area is 102 Å². The minimum absolute atomic E-state index is 0.0669. The second-order valence-corrected chi connectivity index (χ2v) is 3.56. The molecule has 1 heterocycles. The first-order valence-electron chi connectivity index (χ1n) is 5.29. The topological polar surface area (TPSA) is 117 Å². The fraction of sp³-hybridized carbons (Fsp3) is 0.400. The molecule has 1 aromatic heterocycles. The average Bonchev–Trinajstić information content (AvgIpc) is 2.78. The van der Waals surface area contributed by atoms with E-state index in [1.54, 1.807) is 6.92 Å². The van der Waals surface area contributed by atoms with Gasteiger partial charge in [-0.2, -0.15) is 0 Å². The number of nitrogens with zero attached hydrogens (tertiary/aromatic N) is 2. The Kier molecular flexibility index (Phi) is 4.41. The highest BCUT2D eigenvalue weighted by Gasteiger charge is 2.19. The predicted octanol–water partition coefficient (Wildman–Crippen LogP) is 0.860. The van der Waals surface area contributed by atoms with Crippen molar-refractivity contribution in [3.8, 4) is 0 Å². The van der Waals surface area contributed by atoms with E-state index in [9.17, 15) is 19.7 Å². The Balaban J connectivity index is 2.76. The fourth-order valence-electron chi connectivity index (χ4n) is 1.42. The predicted molar refractivity (Wildman–Crippen MR) is 61.3 cm³/mol. The summed E-state index contributed by atoms with van der Waals surface area (Å²) in [4.78, 5) is 36.0. The molecule has 0 saturated carbocycles. The summed E-state index contributed by atoms with van der Waals surface area (Å²) in [5.41, 5.74) is -0.124. The molecule has 1 amide bonds. The molecule has 1 aromatic rings. The number of carboxylic acids is 1. The molecule has 0 saturated heterocycles. The summed E-state index contributed by atoms with van der Waals surface area (Å²) in [6, 6.07) is 1.13. The SMILES string of the molecule is CCN(CCC(=O)O)C(=O)c1cc([N+](=O)[O-])c[nH]1. The van der Waals surface area contributed by atoms with Crippen LogP contribution in [0.15, 0.2) is 12.3 Å². The van der Waals surface area contributed by atoms with Crippen molar-refractivity contribution >= 4 is 17.6 Å². The molecule has 98 valence electrons. The highest BCUT2D eigenvalue weighted by atomic mass is 16.6. The molecule has 0 aliphatic rings. The van der Waals surface area contributed by atoms with Crippen LogP contribution in [0.1, 0.15) is 23.8 Å². The molecule has 0 fully saturated rings. The zero-order valence-electron chi connectivity index (χ0n) is 9.75. The first kappa shape index (κ1) is 13.7. The fourth-order valence-corrected chi connectivity index (χ4v) is 1.42. The molecule has 0 unspecified atom stereocenters. The monoisotopic (exact) mass is 255 g/mol. The maximum absolute atomic E-state index is 11.9. The zero-order valence-corrected chi connectivity index (χ0v) is 9.75. The Morgan fingerprint density at radius 2 is 2.22 bits per heavy atom.